The number of pyridine rings is 1. The van der Waals surface area contributed by atoms with Gasteiger partial charge in [0.15, 0.2) is 0 Å². The van der Waals surface area contributed by atoms with Crippen molar-refractivity contribution < 1.29 is 9.18 Å². The summed E-state index contributed by atoms with van der Waals surface area (Å²) in [6, 6.07) is 7.55. The molecule has 0 bridgehead atoms. The number of hydrogen-bond donors (Lipinski definition) is 1. The quantitative estimate of drug-likeness (QED) is 0.721. The molecule has 0 saturated carbocycles. The van der Waals surface area contributed by atoms with Gasteiger partial charge < -0.3 is 5.32 Å². The number of aromatic nitrogens is 1. The number of aryl methyl sites for hydroxylation is 1. The molecule has 6 heteroatoms. The monoisotopic (exact) mass is 434 g/mol. The van der Waals surface area contributed by atoms with E-state index in [1.807, 2.05) is 35.6 Å². The van der Waals surface area contributed by atoms with E-state index in [4.69, 9.17) is 0 Å². The number of nitrogens with zero attached hydrogens (tertiary/aromatic N) is 1. The molecule has 3 nitrogen and oxygen atoms in total. The van der Waals surface area contributed by atoms with E-state index in [1.54, 1.807) is 6.07 Å². The molecule has 19 heavy (non-hydrogen) atoms. The zero-order chi connectivity index (χ0) is 14.0. The minimum absolute atomic E-state index is 0.307. The molecule has 0 fully saturated rings. The fourth-order valence-electron chi connectivity index (χ4n) is 1.47. The van der Waals surface area contributed by atoms with Crippen LogP contribution in [0.3, 0.4) is 0 Å². The van der Waals surface area contributed by atoms with Crippen molar-refractivity contribution in [2.45, 2.75) is 6.92 Å². The van der Waals surface area contributed by atoms with Crippen molar-refractivity contribution in [3.8, 4) is 0 Å². The van der Waals surface area contributed by atoms with Gasteiger partial charge >= 0.3 is 0 Å². The van der Waals surface area contributed by atoms with E-state index in [1.165, 1.54) is 18.2 Å². The maximum absolute atomic E-state index is 13.0. The number of anilines is 1. The van der Waals surface area contributed by atoms with Crippen molar-refractivity contribution in [2.24, 2.45) is 0 Å². The van der Waals surface area contributed by atoms with Crippen LogP contribution in [-0.2, 0) is 0 Å². The number of carbonyl (C=O) groups is 1. The van der Waals surface area contributed by atoms with Crippen LogP contribution in [-0.4, -0.2) is 10.9 Å². The Bertz CT molecular complexity index is 649. The Morgan fingerprint density at radius 1 is 1.37 bits per heavy atom. The first-order valence-electron chi connectivity index (χ1n) is 5.37. The van der Waals surface area contributed by atoms with Crippen molar-refractivity contribution in [1.82, 2.24) is 4.98 Å². The highest BCUT2D eigenvalue weighted by atomic mass is 127. The zero-order valence-electron chi connectivity index (χ0n) is 9.88. The highest BCUT2D eigenvalue weighted by Crippen LogP contribution is 2.18. The Hall–Kier alpha value is -1.02. The molecule has 1 aromatic carbocycles. The standard InChI is InChI=1S/C13H9BrFIN2O/c1-7-10(14)4-5-12(17-7)18-13(19)9-3-2-8(15)6-11(9)16/h2-6H,1H3,(H,17,18,19). The molecule has 0 radical (unpaired) electrons. The van der Waals surface area contributed by atoms with Crippen LogP contribution >= 0.6 is 38.5 Å². The van der Waals surface area contributed by atoms with Gasteiger partial charge in [0, 0.05) is 8.04 Å². The first-order valence-corrected chi connectivity index (χ1v) is 7.24. The molecular weight excluding hydrogens is 426 g/mol. The molecule has 1 aromatic heterocycles. The van der Waals surface area contributed by atoms with Crippen molar-refractivity contribution in [1.29, 1.82) is 0 Å². The lowest BCUT2D eigenvalue weighted by Gasteiger charge is -2.07. The van der Waals surface area contributed by atoms with Crippen LogP contribution in [0.2, 0.25) is 0 Å². The summed E-state index contributed by atoms with van der Waals surface area (Å²) >= 11 is 5.27. The number of nitrogens with one attached hydrogen (secondary N) is 1. The highest BCUT2D eigenvalue weighted by molar-refractivity contribution is 14.1. The van der Waals surface area contributed by atoms with Crippen molar-refractivity contribution in [3.63, 3.8) is 0 Å². The number of hydrogen-bond acceptors (Lipinski definition) is 2. The minimum atomic E-state index is -0.362. The summed E-state index contributed by atoms with van der Waals surface area (Å²) in [6.07, 6.45) is 0. The van der Waals surface area contributed by atoms with Crippen LogP contribution in [0, 0.1) is 16.3 Å². The van der Waals surface area contributed by atoms with Gasteiger partial charge in [-0.1, -0.05) is 0 Å². The normalized spacial score (nSPS) is 10.3. The lowest BCUT2D eigenvalue weighted by atomic mass is 10.2. The second kappa shape index (κ2) is 5.96. The van der Waals surface area contributed by atoms with E-state index >= 15 is 0 Å². The summed E-state index contributed by atoms with van der Waals surface area (Å²) in [6.45, 7) is 1.83. The van der Waals surface area contributed by atoms with Gasteiger partial charge in [-0.3, -0.25) is 4.79 Å². The van der Waals surface area contributed by atoms with Crippen LogP contribution in [0.4, 0.5) is 10.2 Å². The maximum atomic E-state index is 13.0. The van der Waals surface area contributed by atoms with Crippen LogP contribution in [0.15, 0.2) is 34.8 Å². The van der Waals surface area contributed by atoms with Crippen LogP contribution in [0.1, 0.15) is 16.1 Å². The van der Waals surface area contributed by atoms with Crippen LogP contribution in [0.25, 0.3) is 0 Å². The fourth-order valence-corrected chi connectivity index (χ4v) is 2.41. The summed E-state index contributed by atoms with van der Waals surface area (Å²) in [5.74, 6) is -0.206. The molecular formula is C13H9BrFIN2O. The Morgan fingerprint density at radius 3 is 2.74 bits per heavy atom. The average molecular weight is 435 g/mol. The van der Waals surface area contributed by atoms with E-state index in [2.05, 4.69) is 26.2 Å². The van der Waals surface area contributed by atoms with Crippen molar-refractivity contribution in [2.75, 3.05) is 5.32 Å². The molecule has 1 heterocycles. The minimum Gasteiger partial charge on any atom is -0.307 e. The maximum Gasteiger partial charge on any atom is 0.257 e. The van der Waals surface area contributed by atoms with Gasteiger partial charge in [-0.15, -0.1) is 0 Å². The molecule has 98 valence electrons. The van der Waals surface area contributed by atoms with E-state index < -0.39 is 0 Å². The molecule has 2 aromatic rings. The Kier molecular flexibility index (Phi) is 4.51. The van der Waals surface area contributed by atoms with Gasteiger partial charge in [-0.2, -0.15) is 0 Å². The first-order chi connectivity index (χ1) is 8.97. The topological polar surface area (TPSA) is 42.0 Å². The lowest BCUT2D eigenvalue weighted by Crippen LogP contribution is -2.14. The molecule has 0 spiro atoms. The summed E-state index contributed by atoms with van der Waals surface area (Å²) in [5.41, 5.74) is 1.20. The van der Waals surface area contributed by atoms with Gasteiger partial charge in [-0.25, -0.2) is 9.37 Å². The second-order valence-corrected chi connectivity index (χ2v) is 5.86. The zero-order valence-corrected chi connectivity index (χ0v) is 13.6. The smallest absolute Gasteiger partial charge is 0.257 e. The number of rotatable bonds is 2. The van der Waals surface area contributed by atoms with Gasteiger partial charge in [0.1, 0.15) is 11.6 Å². The number of amides is 1. The molecule has 2 rings (SSSR count). The first kappa shape index (κ1) is 14.4. The average Bonchev–Trinajstić information content (AvgIpc) is 2.33. The van der Waals surface area contributed by atoms with E-state index in [9.17, 15) is 9.18 Å². The summed E-state index contributed by atoms with van der Waals surface area (Å²) in [7, 11) is 0. The third kappa shape index (κ3) is 3.50. The number of carbonyl (C=O) groups excluding carboxylic acids is 1. The molecule has 0 aliphatic carbocycles. The SMILES string of the molecule is Cc1nc(NC(=O)c2ccc(F)cc2I)ccc1Br. The van der Waals surface area contributed by atoms with E-state index in [0.717, 1.165) is 10.2 Å². The van der Waals surface area contributed by atoms with Gasteiger partial charge in [0.2, 0.25) is 0 Å². The van der Waals surface area contributed by atoms with Gasteiger partial charge in [-0.05, 0) is 75.8 Å². The van der Waals surface area contributed by atoms with Crippen molar-refractivity contribution in [3.05, 3.63) is 55.4 Å². The van der Waals surface area contributed by atoms with Crippen LogP contribution in [0.5, 0.6) is 0 Å². The van der Waals surface area contributed by atoms with E-state index in [-0.39, 0.29) is 11.7 Å². The molecule has 0 aliphatic rings. The van der Waals surface area contributed by atoms with Gasteiger partial charge in [0.25, 0.3) is 5.91 Å². The van der Waals surface area contributed by atoms with Crippen molar-refractivity contribution >= 4 is 50.2 Å². The fraction of sp³-hybridized carbons (Fsp3) is 0.0769. The molecule has 1 amide bonds. The predicted octanol–water partition coefficient (Wildman–Crippen LogP) is 4.15. The molecule has 0 saturated heterocycles. The second-order valence-electron chi connectivity index (χ2n) is 3.84. The third-order valence-electron chi connectivity index (χ3n) is 2.44. The number of benzene rings is 1. The molecule has 1 N–H and O–H groups in total. The number of halogens is 3. The molecule has 0 aliphatic heterocycles. The van der Waals surface area contributed by atoms with E-state index in [0.29, 0.717) is 15.0 Å². The van der Waals surface area contributed by atoms with Crippen LogP contribution < -0.4 is 5.32 Å². The Balaban J connectivity index is 2.23. The highest BCUT2D eigenvalue weighted by Gasteiger charge is 2.11. The Labute approximate surface area is 131 Å². The lowest BCUT2D eigenvalue weighted by molar-refractivity contribution is 0.102. The largest absolute Gasteiger partial charge is 0.307 e. The van der Waals surface area contributed by atoms with Gasteiger partial charge in [0.05, 0.1) is 11.3 Å². The molecule has 0 unspecified atom stereocenters. The predicted molar refractivity (Wildman–Crippen MR) is 83.7 cm³/mol. The Morgan fingerprint density at radius 2 is 2.11 bits per heavy atom. The summed E-state index contributed by atoms with van der Waals surface area (Å²) < 4.78 is 14.4. The summed E-state index contributed by atoms with van der Waals surface area (Å²) in [5, 5.41) is 2.69. The molecule has 0 atom stereocenters. The third-order valence-corrected chi connectivity index (χ3v) is 4.17. The summed E-state index contributed by atoms with van der Waals surface area (Å²) in [4.78, 5) is 16.3.